The van der Waals surface area contributed by atoms with E-state index in [0.717, 1.165) is 53.6 Å². The molecule has 4 rings (SSSR count). The molecule has 7 nitrogen and oxygen atoms in total. The van der Waals surface area contributed by atoms with Crippen LogP contribution in [-0.2, 0) is 26.2 Å². The van der Waals surface area contributed by atoms with Crippen molar-refractivity contribution in [3.63, 3.8) is 0 Å². The lowest BCUT2D eigenvalue weighted by atomic mass is 9.95. The average Bonchev–Trinajstić information content (AvgIpc) is 2.98. The smallest absolute Gasteiger partial charge is 0.264 e. The van der Waals surface area contributed by atoms with Gasteiger partial charge in [-0.2, -0.15) is 0 Å². The van der Waals surface area contributed by atoms with E-state index < -0.39 is 34.3 Å². The van der Waals surface area contributed by atoms with Gasteiger partial charge in [0.15, 0.2) is 0 Å². The minimum absolute atomic E-state index is 0.0359. The first-order chi connectivity index (χ1) is 20.1. The maximum atomic E-state index is 14.2. The summed E-state index contributed by atoms with van der Waals surface area (Å²) in [5.74, 6) is -1.54. The van der Waals surface area contributed by atoms with E-state index in [-0.39, 0.29) is 34.1 Å². The highest BCUT2D eigenvalue weighted by molar-refractivity contribution is 7.92. The molecule has 42 heavy (non-hydrogen) atoms. The number of hydrogen-bond donors (Lipinski definition) is 1. The molecule has 1 fully saturated rings. The van der Waals surface area contributed by atoms with Crippen molar-refractivity contribution >= 4 is 39.1 Å². The average molecular weight is 614 g/mol. The largest absolute Gasteiger partial charge is 0.352 e. The third kappa shape index (κ3) is 7.69. The molecule has 1 aliphatic carbocycles. The van der Waals surface area contributed by atoms with Crippen LogP contribution in [0.4, 0.5) is 10.1 Å². The first kappa shape index (κ1) is 31.5. The van der Waals surface area contributed by atoms with Crippen molar-refractivity contribution in [1.29, 1.82) is 0 Å². The number of carbonyl (C=O) groups is 2. The van der Waals surface area contributed by atoms with Crippen molar-refractivity contribution in [3.8, 4) is 0 Å². The summed E-state index contributed by atoms with van der Waals surface area (Å²) < 4.78 is 42.7. The number of aryl methyl sites for hydroxylation is 1. The van der Waals surface area contributed by atoms with Gasteiger partial charge in [-0.1, -0.05) is 85.8 Å². The summed E-state index contributed by atoms with van der Waals surface area (Å²) >= 11 is 6.04. The third-order valence-corrected chi connectivity index (χ3v) is 9.65. The molecule has 0 aliphatic heterocycles. The predicted molar refractivity (Wildman–Crippen MR) is 163 cm³/mol. The maximum Gasteiger partial charge on any atom is 0.264 e. The van der Waals surface area contributed by atoms with Gasteiger partial charge in [-0.3, -0.25) is 13.9 Å². The molecule has 3 aromatic carbocycles. The second-order valence-corrected chi connectivity index (χ2v) is 13.0. The first-order valence-electron chi connectivity index (χ1n) is 14.3. The molecule has 3 aromatic rings. The Morgan fingerprint density at radius 2 is 1.71 bits per heavy atom. The Kier molecular flexibility index (Phi) is 10.6. The number of hydrogen-bond acceptors (Lipinski definition) is 4. The summed E-state index contributed by atoms with van der Waals surface area (Å²) in [6.07, 6.45) is 5.34. The molecule has 0 radical (unpaired) electrons. The fraction of sp³-hybridized carbons (Fsp3) is 0.375. The molecule has 1 saturated carbocycles. The van der Waals surface area contributed by atoms with E-state index in [1.807, 2.05) is 38.1 Å². The third-order valence-electron chi connectivity index (χ3n) is 7.57. The van der Waals surface area contributed by atoms with Crippen molar-refractivity contribution < 1.29 is 22.4 Å². The lowest BCUT2D eigenvalue weighted by molar-refractivity contribution is -0.140. The monoisotopic (exact) mass is 613 g/mol. The lowest BCUT2D eigenvalue weighted by Gasteiger charge is -2.34. The van der Waals surface area contributed by atoms with E-state index in [9.17, 15) is 22.4 Å². The number of nitrogens with zero attached hydrogens (tertiary/aromatic N) is 2. The van der Waals surface area contributed by atoms with Crippen LogP contribution in [0.3, 0.4) is 0 Å². The van der Waals surface area contributed by atoms with Crippen LogP contribution in [0.15, 0.2) is 77.7 Å². The van der Waals surface area contributed by atoms with Crippen LogP contribution in [0.2, 0.25) is 5.02 Å². The number of nitrogens with one attached hydrogen (secondary N) is 1. The highest BCUT2D eigenvalue weighted by Gasteiger charge is 2.34. The van der Waals surface area contributed by atoms with Gasteiger partial charge in [-0.05, 0) is 62.1 Å². The van der Waals surface area contributed by atoms with Crippen LogP contribution < -0.4 is 9.62 Å². The van der Waals surface area contributed by atoms with Crippen LogP contribution in [0.5, 0.6) is 0 Å². The van der Waals surface area contributed by atoms with Crippen LogP contribution in [0, 0.1) is 12.7 Å². The molecule has 1 atom stereocenters. The second kappa shape index (κ2) is 14.2. The van der Waals surface area contributed by atoms with Gasteiger partial charge in [-0.25, -0.2) is 12.8 Å². The molecule has 0 bridgehead atoms. The predicted octanol–water partition coefficient (Wildman–Crippen LogP) is 6.24. The Labute approximate surface area is 252 Å². The molecule has 1 N–H and O–H groups in total. The normalized spacial score (nSPS) is 14.7. The minimum Gasteiger partial charge on any atom is -0.352 e. The number of amides is 2. The van der Waals surface area contributed by atoms with Crippen molar-refractivity contribution in [3.05, 3.63) is 94.8 Å². The lowest BCUT2D eigenvalue weighted by Crippen LogP contribution is -2.54. The van der Waals surface area contributed by atoms with Gasteiger partial charge < -0.3 is 10.2 Å². The fourth-order valence-electron chi connectivity index (χ4n) is 5.36. The zero-order valence-electron chi connectivity index (χ0n) is 23.9. The van der Waals surface area contributed by atoms with Gasteiger partial charge in [-0.15, -0.1) is 0 Å². The molecule has 1 unspecified atom stereocenters. The Bertz CT molecular complexity index is 1500. The van der Waals surface area contributed by atoms with Crippen molar-refractivity contribution in [2.24, 2.45) is 0 Å². The molecule has 2 amide bonds. The molecule has 0 aromatic heterocycles. The molecule has 1 aliphatic rings. The summed E-state index contributed by atoms with van der Waals surface area (Å²) in [5, 5.41) is 2.86. The Hall–Kier alpha value is -3.43. The van der Waals surface area contributed by atoms with Crippen molar-refractivity contribution in [1.82, 2.24) is 10.2 Å². The number of anilines is 1. The number of sulfonamides is 1. The van der Waals surface area contributed by atoms with Crippen LogP contribution in [-0.4, -0.2) is 43.8 Å². The van der Waals surface area contributed by atoms with Crippen LogP contribution in [0.1, 0.15) is 56.6 Å². The molecule has 0 saturated heterocycles. The first-order valence-corrected chi connectivity index (χ1v) is 16.1. The maximum absolute atomic E-state index is 14.2. The van der Waals surface area contributed by atoms with Crippen LogP contribution in [0.25, 0.3) is 0 Å². The number of halogens is 2. The van der Waals surface area contributed by atoms with Gasteiger partial charge in [0.2, 0.25) is 11.8 Å². The molecular formula is C32H37ClFN3O4S. The number of rotatable bonds is 11. The van der Waals surface area contributed by atoms with E-state index in [2.05, 4.69) is 5.32 Å². The molecule has 0 spiro atoms. The van der Waals surface area contributed by atoms with Gasteiger partial charge in [0.1, 0.15) is 18.4 Å². The highest BCUT2D eigenvalue weighted by atomic mass is 35.5. The summed E-state index contributed by atoms with van der Waals surface area (Å²) in [6.45, 7) is 3.27. The summed E-state index contributed by atoms with van der Waals surface area (Å²) in [5.41, 5.74) is 1.84. The van der Waals surface area contributed by atoms with Gasteiger partial charge in [0.05, 0.1) is 15.6 Å². The molecule has 224 valence electrons. The summed E-state index contributed by atoms with van der Waals surface area (Å²) in [7, 11) is -4.26. The van der Waals surface area contributed by atoms with Gasteiger partial charge >= 0.3 is 0 Å². The van der Waals surface area contributed by atoms with Gasteiger partial charge in [0, 0.05) is 12.6 Å². The summed E-state index contributed by atoms with van der Waals surface area (Å²) in [4.78, 5) is 29.2. The zero-order chi connectivity index (χ0) is 30.3. The molecule has 0 heterocycles. The van der Waals surface area contributed by atoms with Gasteiger partial charge in [0.25, 0.3) is 10.0 Å². The number of benzene rings is 3. The van der Waals surface area contributed by atoms with E-state index in [1.54, 1.807) is 18.2 Å². The van der Waals surface area contributed by atoms with E-state index in [1.165, 1.54) is 29.2 Å². The number of carbonyl (C=O) groups excluding carboxylic acids is 2. The van der Waals surface area contributed by atoms with Crippen LogP contribution >= 0.6 is 11.6 Å². The Morgan fingerprint density at radius 3 is 2.36 bits per heavy atom. The Balaban J connectivity index is 1.71. The molecular weight excluding hydrogens is 577 g/mol. The van der Waals surface area contributed by atoms with E-state index >= 15 is 0 Å². The Morgan fingerprint density at radius 1 is 1.00 bits per heavy atom. The molecule has 10 heteroatoms. The topological polar surface area (TPSA) is 86.8 Å². The summed E-state index contributed by atoms with van der Waals surface area (Å²) in [6, 6.07) is 18.1. The highest BCUT2D eigenvalue weighted by Crippen LogP contribution is 2.28. The standard InChI is InChI=1S/C32H37ClFN3O4S/c1-3-30(32(39)35-25-13-6-4-7-14-25)36(21-24-12-10-11-23(2)19-24)31(38)22-37(26-17-18-29(34)28(33)20-26)42(40,41)27-15-8-5-9-16-27/h5,8-12,15-20,25,30H,3-4,6-7,13-14,21-22H2,1-2H3,(H,35,39). The zero-order valence-corrected chi connectivity index (χ0v) is 25.5. The van der Waals surface area contributed by atoms with Crippen molar-refractivity contribution in [2.75, 3.05) is 10.8 Å². The van der Waals surface area contributed by atoms with E-state index in [4.69, 9.17) is 11.6 Å². The second-order valence-electron chi connectivity index (χ2n) is 10.7. The fourth-order valence-corrected chi connectivity index (χ4v) is 6.96. The minimum atomic E-state index is -4.26. The quantitative estimate of drug-likeness (QED) is 0.277. The van der Waals surface area contributed by atoms with E-state index in [0.29, 0.717) is 6.42 Å². The van der Waals surface area contributed by atoms with Crippen molar-refractivity contribution in [2.45, 2.75) is 75.9 Å². The SMILES string of the molecule is CCC(C(=O)NC1CCCCC1)N(Cc1cccc(C)c1)C(=O)CN(c1ccc(F)c(Cl)c1)S(=O)(=O)c1ccccc1.